The fraction of sp³-hybridized carbons (Fsp3) is 0.308. The van der Waals surface area contributed by atoms with Gasteiger partial charge in [-0.1, -0.05) is 25.1 Å². The van der Waals surface area contributed by atoms with E-state index in [0.29, 0.717) is 5.75 Å². The lowest BCUT2D eigenvalue weighted by molar-refractivity contribution is 0.684. The molecule has 1 heterocycles. The molecular formula is C13H16N2OS. The molecule has 2 aromatic rings. The van der Waals surface area contributed by atoms with E-state index < -0.39 is 10.8 Å². The van der Waals surface area contributed by atoms with Gasteiger partial charge in [0.2, 0.25) is 0 Å². The summed E-state index contributed by atoms with van der Waals surface area (Å²) in [7, 11) is -0.712. The van der Waals surface area contributed by atoms with Crippen LogP contribution in [0, 0.1) is 0 Å². The molecule has 0 bridgehead atoms. The molecule has 0 saturated heterocycles. The highest BCUT2D eigenvalue weighted by Gasteiger charge is 2.01. The van der Waals surface area contributed by atoms with Gasteiger partial charge in [-0.25, -0.2) is 0 Å². The molecule has 0 aliphatic carbocycles. The van der Waals surface area contributed by atoms with E-state index in [9.17, 15) is 4.21 Å². The van der Waals surface area contributed by atoms with Crippen LogP contribution in [-0.4, -0.2) is 27.2 Å². The van der Waals surface area contributed by atoms with Gasteiger partial charge in [0.05, 0.1) is 5.52 Å². The molecule has 1 aromatic carbocycles. The van der Waals surface area contributed by atoms with Crippen LogP contribution in [0.3, 0.4) is 0 Å². The van der Waals surface area contributed by atoms with Crippen molar-refractivity contribution in [1.29, 1.82) is 0 Å². The number of hydrogen-bond donors (Lipinski definition) is 1. The Bertz CT molecular complexity index is 522. The Kier molecular flexibility index (Phi) is 4.09. The molecule has 0 aliphatic rings. The molecular weight excluding hydrogens is 232 g/mol. The Morgan fingerprint density at radius 1 is 1.29 bits per heavy atom. The molecule has 1 atom stereocenters. The SMILES string of the molecule is CCS(=O)CCNc1ccnc2ccccc12. The van der Waals surface area contributed by atoms with Gasteiger partial charge in [0.15, 0.2) is 0 Å². The Morgan fingerprint density at radius 2 is 2.12 bits per heavy atom. The van der Waals surface area contributed by atoms with E-state index in [2.05, 4.69) is 10.3 Å². The maximum Gasteiger partial charge on any atom is 0.0722 e. The highest BCUT2D eigenvalue weighted by atomic mass is 32.2. The summed E-state index contributed by atoms with van der Waals surface area (Å²) in [5.74, 6) is 1.41. The van der Waals surface area contributed by atoms with Crippen LogP contribution in [0.25, 0.3) is 10.9 Å². The number of rotatable bonds is 5. The maximum atomic E-state index is 11.3. The van der Waals surface area contributed by atoms with E-state index in [1.807, 2.05) is 37.3 Å². The van der Waals surface area contributed by atoms with Crippen molar-refractivity contribution < 1.29 is 4.21 Å². The van der Waals surface area contributed by atoms with Crippen LogP contribution in [0.2, 0.25) is 0 Å². The molecule has 90 valence electrons. The fourth-order valence-electron chi connectivity index (χ4n) is 1.69. The van der Waals surface area contributed by atoms with Crippen molar-refractivity contribution >= 4 is 27.4 Å². The first kappa shape index (κ1) is 12.0. The smallest absolute Gasteiger partial charge is 0.0722 e. The Morgan fingerprint density at radius 3 is 2.94 bits per heavy atom. The van der Waals surface area contributed by atoms with Crippen molar-refractivity contribution in [2.24, 2.45) is 0 Å². The molecule has 0 aliphatic heterocycles. The molecule has 2 rings (SSSR count). The second-order valence-electron chi connectivity index (χ2n) is 3.74. The van der Waals surface area contributed by atoms with E-state index in [0.717, 1.165) is 28.9 Å². The van der Waals surface area contributed by atoms with Crippen molar-refractivity contribution in [2.45, 2.75) is 6.92 Å². The zero-order valence-corrected chi connectivity index (χ0v) is 10.7. The topological polar surface area (TPSA) is 42.0 Å². The monoisotopic (exact) mass is 248 g/mol. The summed E-state index contributed by atoms with van der Waals surface area (Å²) < 4.78 is 11.3. The van der Waals surface area contributed by atoms with E-state index in [-0.39, 0.29) is 0 Å². The number of nitrogens with zero attached hydrogens (tertiary/aromatic N) is 1. The molecule has 0 radical (unpaired) electrons. The molecule has 0 saturated carbocycles. The number of benzene rings is 1. The second-order valence-corrected chi connectivity index (χ2v) is 5.60. The van der Waals surface area contributed by atoms with Crippen molar-refractivity contribution in [2.75, 3.05) is 23.4 Å². The Balaban J connectivity index is 2.11. The average Bonchev–Trinajstić information content (AvgIpc) is 2.39. The molecule has 0 amide bonds. The predicted octanol–water partition coefficient (Wildman–Crippen LogP) is 2.42. The van der Waals surface area contributed by atoms with Crippen LogP contribution >= 0.6 is 0 Å². The Hall–Kier alpha value is -1.42. The minimum Gasteiger partial charge on any atom is -0.384 e. The van der Waals surface area contributed by atoms with Crippen LogP contribution in [0.15, 0.2) is 36.5 Å². The first-order valence-corrected chi connectivity index (χ1v) is 7.22. The number of pyridine rings is 1. The van der Waals surface area contributed by atoms with Gasteiger partial charge < -0.3 is 5.32 Å². The van der Waals surface area contributed by atoms with Gasteiger partial charge in [-0.15, -0.1) is 0 Å². The standard InChI is InChI=1S/C13H16N2OS/c1-2-17(16)10-9-15-13-7-8-14-12-6-4-3-5-11(12)13/h3-8H,2,9-10H2,1H3,(H,14,15). The van der Waals surface area contributed by atoms with Crippen molar-refractivity contribution in [3.63, 3.8) is 0 Å². The molecule has 3 nitrogen and oxygen atoms in total. The Labute approximate surface area is 104 Å². The van der Waals surface area contributed by atoms with E-state index in [1.54, 1.807) is 6.20 Å². The van der Waals surface area contributed by atoms with Gasteiger partial charge in [0.1, 0.15) is 0 Å². The quantitative estimate of drug-likeness (QED) is 0.883. The molecule has 4 heteroatoms. The largest absolute Gasteiger partial charge is 0.384 e. The molecule has 0 fully saturated rings. The van der Waals surface area contributed by atoms with Crippen molar-refractivity contribution in [1.82, 2.24) is 4.98 Å². The summed E-state index contributed by atoms with van der Waals surface area (Å²) in [6.07, 6.45) is 1.79. The molecule has 1 N–H and O–H groups in total. The average molecular weight is 248 g/mol. The minimum absolute atomic E-state index is 0.688. The van der Waals surface area contributed by atoms with Crippen molar-refractivity contribution in [3.05, 3.63) is 36.5 Å². The normalized spacial score (nSPS) is 12.5. The van der Waals surface area contributed by atoms with Gasteiger partial charge in [-0.2, -0.15) is 0 Å². The molecule has 17 heavy (non-hydrogen) atoms. The third kappa shape index (κ3) is 3.03. The van der Waals surface area contributed by atoms with Crippen LogP contribution in [0.1, 0.15) is 6.92 Å². The zero-order chi connectivity index (χ0) is 12.1. The van der Waals surface area contributed by atoms with Gasteiger partial charge >= 0.3 is 0 Å². The summed E-state index contributed by atoms with van der Waals surface area (Å²) >= 11 is 0. The first-order chi connectivity index (χ1) is 8.31. The maximum absolute atomic E-state index is 11.3. The number of aromatic nitrogens is 1. The highest BCUT2D eigenvalue weighted by molar-refractivity contribution is 7.84. The summed E-state index contributed by atoms with van der Waals surface area (Å²) in [6, 6.07) is 9.97. The van der Waals surface area contributed by atoms with Crippen LogP contribution in [0.5, 0.6) is 0 Å². The molecule has 0 spiro atoms. The minimum atomic E-state index is -0.712. The summed E-state index contributed by atoms with van der Waals surface area (Å²) in [4.78, 5) is 4.30. The summed E-state index contributed by atoms with van der Waals surface area (Å²) in [5, 5.41) is 4.43. The molecule has 1 aromatic heterocycles. The number of anilines is 1. The number of fused-ring (bicyclic) bond motifs is 1. The van der Waals surface area contributed by atoms with Crippen LogP contribution in [-0.2, 0) is 10.8 Å². The summed E-state index contributed by atoms with van der Waals surface area (Å²) in [6.45, 7) is 2.67. The van der Waals surface area contributed by atoms with E-state index in [1.165, 1.54) is 0 Å². The van der Waals surface area contributed by atoms with Crippen LogP contribution < -0.4 is 5.32 Å². The van der Waals surface area contributed by atoms with Crippen molar-refractivity contribution in [3.8, 4) is 0 Å². The lowest BCUT2D eigenvalue weighted by Crippen LogP contribution is -2.12. The number of hydrogen-bond acceptors (Lipinski definition) is 3. The van der Waals surface area contributed by atoms with Gasteiger partial charge in [-0.05, 0) is 12.1 Å². The van der Waals surface area contributed by atoms with Gasteiger partial charge in [-0.3, -0.25) is 9.19 Å². The first-order valence-electron chi connectivity index (χ1n) is 5.74. The number of nitrogens with one attached hydrogen (secondary N) is 1. The predicted molar refractivity (Wildman–Crippen MR) is 73.8 cm³/mol. The van der Waals surface area contributed by atoms with Gasteiger partial charge in [0, 0.05) is 46.1 Å². The zero-order valence-electron chi connectivity index (χ0n) is 9.85. The van der Waals surface area contributed by atoms with E-state index >= 15 is 0 Å². The third-order valence-corrected chi connectivity index (χ3v) is 3.92. The third-order valence-electron chi connectivity index (χ3n) is 2.62. The second kappa shape index (κ2) is 5.77. The number of para-hydroxylation sites is 1. The van der Waals surface area contributed by atoms with E-state index in [4.69, 9.17) is 0 Å². The van der Waals surface area contributed by atoms with Crippen LogP contribution in [0.4, 0.5) is 5.69 Å². The lowest BCUT2D eigenvalue weighted by atomic mass is 10.2. The fourth-order valence-corrected chi connectivity index (χ4v) is 2.31. The lowest BCUT2D eigenvalue weighted by Gasteiger charge is -2.08. The summed E-state index contributed by atoms with van der Waals surface area (Å²) in [5.41, 5.74) is 2.04. The molecule has 1 unspecified atom stereocenters. The van der Waals surface area contributed by atoms with Gasteiger partial charge in [0.25, 0.3) is 0 Å². The highest BCUT2D eigenvalue weighted by Crippen LogP contribution is 2.20.